The Labute approximate surface area is 143 Å². The standard InChI is InChI=1S/C19H27N3O2/c20-19(11-4-1-5-12-19)18(24)21-13-6-9-17(23)22-14-10-15-7-2-3-8-16(15)22/h2-3,7-8H,1,4-6,9-14,20H2,(H,21,24). The second-order valence-electron chi connectivity index (χ2n) is 7.00. The van der Waals surface area contributed by atoms with Crippen LogP contribution in [-0.2, 0) is 16.0 Å². The molecule has 1 aliphatic heterocycles. The lowest BCUT2D eigenvalue weighted by atomic mass is 9.82. The molecule has 1 fully saturated rings. The number of anilines is 1. The molecule has 24 heavy (non-hydrogen) atoms. The van der Waals surface area contributed by atoms with Crippen LogP contribution in [0.25, 0.3) is 0 Å². The van der Waals surface area contributed by atoms with Crippen LogP contribution in [0.3, 0.4) is 0 Å². The summed E-state index contributed by atoms with van der Waals surface area (Å²) in [4.78, 5) is 26.5. The minimum Gasteiger partial charge on any atom is -0.354 e. The smallest absolute Gasteiger partial charge is 0.240 e. The second kappa shape index (κ2) is 7.34. The van der Waals surface area contributed by atoms with E-state index in [0.29, 0.717) is 19.4 Å². The maximum Gasteiger partial charge on any atom is 0.240 e. The molecule has 5 heteroatoms. The molecular weight excluding hydrogens is 302 g/mol. The van der Waals surface area contributed by atoms with Gasteiger partial charge in [0.2, 0.25) is 11.8 Å². The van der Waals surface area contributed by atoms with Gasteiger partial charge in [0.25, 0.3) is 0 Å². The van der Waals surface area contributed by atoms with Crippen molar-refractivity contribution in [2.45, 2.75) is 56.9 Å². The highest BCUT2D eigenvalue weighted by Crippen LogP contribution is 2.28. The summed E-state index contributed by atoms with van der Waals surface area (Å²) >= 11 is 0. The van der Waals surface area contributed by atoms with E-state index in [-0.39, 0.29) is 11.8 Å². The van der Waals surface area contributed by atoms with Crippen LogP contribution < -0.4 is 16.0 Å². The Morgan fingerprint density at radius 2 is 1.92 bits per heavy atom. The fourth-order valence-corrected chi connectivity index (χ4v) is 3.76. The van der Waals surface area contributed by atoms with Gasteiger partial charge in [0.15, 0.2) is 0 Å². The first kappa shape index (κ1) is 17.0. The van der Waals surface area contributed by atoms with Crippen LogP contribution in [0.1, 0.15) is 50.5 Å². The fraction of sp³-hybridized carbons (Fsp3) is 0.579. The van der Waals surface area contributed by atoms with E-state index in [0.717, 1.165) is 50.8 Å². The number of para-hydroxylation sites is 1. The summed E-state index contributed by atoms with van der Waals surface area (Å²) in [6.45, 7) is 1.27. The van der Waals surface area contributed by atoms with Crippen molar-refractivity contribution in [1.29, 1.82) is 0 Å². The number of amides is 2. The third kappa shape index (κ3) is 3.61. The summed E-state index contributed by atoms with van der Waals surface area (Å²) in [5, 5.41) is 2.92. The molecule has 0 saturated heterocycles. The normalized spacial score (nSPS) is 19.0. The zero-order valence-corrected chi connectivity index (χ0v) is 14.2. The molecule has 1 saturated carbocycles. The van der Waals surface area contributed by atoms with Gasteiger partial charge in [0.1, 0.15) is 0 Å². The molecule has 0 spiro atoms. The highest BCUT2D eigenvalue weighted by Gasteiger charge is 2.34. The molecule has 2 amide bonds. The van der Waals surface area contributed by atoms with E-state index in [4.69, 9.17) is 5.73 Å². The van der Waals surface area contributed by atoms with Crippen molar-refractivity contribution in [2.24, 2.45) is 5.73 Å². The SMILES string of the molecule is NC1(C(=O)NCCCC(=O)N2CCc3ccccc32)CCCCC1. The molecule has 0 bridgehead atoms. The van der Waals surface area contributed by atoms with Gasteiger partial charge in [-0.25, -0.2) is 0 Å². The third-order valence-electron chi connectivity index (χ3n) is 5.24. The number of carbonyl (C=O) groups excluding carboxylic acids is 2. The predicted octanol–water partition coefficient (Wildman–Crippen LogP) is 2.13. The molecule has 1 aromatic rings. The number of carbonyl (C=O) groups is 2. The molecule has 1 aromatic carbocycles. The van der Waals surface area contributed by atoms with E-state index in [1.807, 2.05) is 23.1 Å². The van der Waals surface area contributed by atoms with Gasteiger partial charge in [-0.2, -0.15) is 0 Å². The van der Waals surface area contributed by atoms with Gasteiger partial charge in [-0.3, -0.25) is 9.59 Å². The van der Waals surface area contributed by atoms with Crippen LogP contribution in [0.15, 0.2) is 24.3 Å². The third-order valence-corrected chi connectivity index (χ3v) is 5.24. The molecule has 0 atom stereocenters. The summed E-state index contributed by atoms with van der Waals surface area (Å²) in [5.74, 6) is 0.0792. The van der Waals surface area contributed by atoms with E-state index < -0.39 is 5.54 Å². The zero-order valence-electron chi connectivity index (χ0n) is 14.2. The maximum atomic E-state index is 12.4. The number of nitrogens with one attached hydrogen (secondary N) is 1. The molecule has 130 valence electrons. The molecule has 3 N–H and O–H groups in total. The van der Waals surface area contributed by atoms with Crippen molar-refractivity contribution in [3.63, 3.8) is 0 Å². The van der Waals surface area contributed by atoms with Gasteiger partial charge in [0.05, 0.1) is 5.54 Å². The van der Waals surface area contributed by atoms with Crippen LogP contribution in [0.4, 0.5) is 5.69 Å². The van der Waals surface area contributed by atoms with Crippen LogP contribution >= 0.6 is 0 Å². The Balaban J connectivity index is 1.42. The van der Waals surface area contributed by atoms with E-state index in [1.54, 1.807) is 0 Å². The number of hydrogen-bond acceptors (Lipinski definition) is 3. The van der Waals surface area contributed by atoms with Crippen molar-refractivity contribution in [1.82, 2.24) is 5.32 Å². The Hall–Kier alpha value is -1.88. The first-order chi connectivity index (χ1) is 11.6. The number of benzene rings is 1. The van der Waals surface area contributed by atoms with E-state index in [1.165, 1.54) is 5.56 Å². The number of fused-ring (bicyclic) bond motifs is 1. The molecule has 1 heterocycles. The van der Waals surface area contributed by atoms with E-state index >= 15 is 0 Å². The number of nitrogens with zero attached hydrogens (tertiary/aromatic N) is 1. The first-order valence-electron chi connectivity index (χ1n) is 9.06. The van der Waals surface area contributed by atoms with Crippen molar-refractivity contribution in [2.75, 3.05) is 18.0 Å². The molecule has 0 aromatic heterocycles. The Morgan fingerprint density at radius 3 is 2.71 bits per heavy atom. The van der Waals surface area contributed by atoms with E-state index in [9.17, 15) is 9.59 Å². The van der Waals surface area contributed by atoms with Crippen LogP contribution in [0.2, 0.25) is 0 Å². The highest BCUT2D eigenvalue weighted by molar-refractivity contribution is 5.95. The topological polar surface area (TPSA) is 75.4 Å². The van der Waals surface area contributed by atoms with Crippen molar-refractivity contribution in [3.8, 4) is 0 Å². The lowest BCUT2D eigenvalue weighted by Crippen LogP contribution is -2.55. The minimum atomic E-state index is -0.698. The molecule has 3 rings (SSSR count). The van der Waals surface area contributed by atoms with Gasteiger partial charge >= 0.3 is 0 Å². The van der Waals surface area contributed by atoms with E-state index in [2.05, 4.69) is 11.4 Å². The molecule has 2 aliphatic rings. The summed E-state index contributed by atoms with van der Waals surface area (Å²) in [6.07, 6.45) is 6.77. The predicted molar refractivity (Wildman–Crippen MR) is 94.7 cm³/mol. The summed E-state index contributed by atoms with van der Waals surface area (Å²) in [6, 6.07) is 8.06. The second-order valence-corrected chi connectivity index (χ2v) is 7.00. The molecule has 0 radical (unpaired) electrons. The Morgan fingerprint density at radius 1 is 1.17 bits per heavy atom. The fourth-order valence-electron chi connectivity index (χ4n) is 3.76. The van der Waals surface area contributed by atoms with Crippen LogP contribution in [-0.4, -0.2) is 30.4 Å². The van der Waals surface area contributed by atoms with Gasteiger partial charge in [-0.15, -0.1) is 0 Å². The average Bonchev–Trinajstić information content (AvgIpc) is 3.03. The lowest BCUT2D eigenvalue weighted by Gasteiger charge is -2.31. The molecule has 5 nitrogen and oxygen atoms in total. The van der Waals surface area contributed by atoms with Crippen LogP contribution in [0.5, 0.6) is 0 Å². The lowest BCUT2D eigenvalue weighted by molar-refractivity contribution is -0.127. The quantitative estimate of drug-likeness (QED) is 0.813. The van der Waals surface area contributed by atoms with Gasteiger partial charge in [-0.05, 0) is 37.3 Å². The maximum absolute atomic E-state index is 12.4. The van der Waals surface area contributed by atoms with Crippen molar-refractivity contribution in [3.05, 3.63) is 29.8 Å². The molecule has 1 aliphatic carbocycles. The number of nitrogens with two attached hydrogens (primary N) is 1. The Bertz CT molecular complexity index is 608. The first-order valence-corrected chi connectivity index (χ1v) is 9.06. The zero-order chi connectivity index (χ0) is 17.0. The summed E-state index contributed by atoms with van der Waals surface area (Å²) in [5.41, 5.74) is 7.79. The number of hydrogen-bond donors (Lipinski definition) is 2. The monoisotopic (exact) mass is 329 g/mol. The number of rotatable bonds is 5. The minimum absolute atomic E-state index is 0.0545. The molecule has 0 unspecified atom stereocenters. The van der Waals surface area contributed by atoms with Gasteiger partial charge < -0.3 is 16.0 Å². The average molecular weight is 329 g/mol. The van der Waals surface area contributed by atoms with Gasteiger partial charge in [-0.1, -0.05) is 37.5 Å². The highest BCUT2D eigenvalue weighted by atomic mass is 16.2. The van der Waals surface area contributed by atoms with Crippen molar-refractivity contribution >= 4 is 17.5 Å². The summed E-state index contributed by atoms with van der Waals surface area (Å²) < 4.78 is 0. The van der Waals surface area contributed by atoms with Gasteiger partial charge in [0, 0.05) is 25.2 Å². The van der Waals surface area contributed by atoms with Crippen molar-refractivity contribution < 1.29 is 9.59 Å². The van der Waals surface area contributed by atoms with Crippen LogP contribution in [0, 0.1) is 0 Å². The summed E-state index contributed by atoms with van der Waals surface area (Å²) in [7, 11) is 0. The molecular formula is C19H27N3O2. The largest absolute Gasteiger partial charge is 0.354 e. The Kier molecular flexibility index (Phi) is 5.19.